The monoisotopic (exact) mass is 915 g/mol. The number of ether oxygens (including phenoxy) is 3. The quantitative estimate of drug-likeness (QED) is 0.0391. The molecule has 19 nitrogen and oxygen atoms in total. The zero-order valence-electron chi connectivity index (χ0n) is 38.4. The lowest BCUT2D eigenvalue weighted by Crippen LogP contribution is -2.52. The first-order valence-electron chi connectivity index (χ1n) is 23.2. The summed E-state index contributed by atoms with van der Waals surface area (Å²) in [7, 11) is 0. The highest BCUT2D eigenvalue weighted by Crippen LogP contribution is 2.42. The number of hydrogen-bond acceptors (Lipinski definition) is 14. The molecular weight excluding hydrogens is 859 g/mol. The predicted molar refractivity (Wildman–Crippen MR) is 249 cm³/mol. The maximum absolute atomic E-state index is 13.5. The average molecular weight is 916 g/mol. The number of hydrogen-bond donors (Lipinski definition) is 5. The summed E-state index contributed by atoms with van der Waals surface area (Å²) in [4.78, 5) is 65.2. The molecule has 6 heterocycles. The molecule has 5 N–H and O–H groups in total. The van der Waals surface area contributed by atoms with E-state index in [1.54, 1.807) is 11.0 Å². The van der Waals surface area contributed by atoms with Crippen LogP contribution < -0.4 is 21.3 Å². The third-order valence-corrected chi connectivity index (χ3v) is 12.5. The van der Waals surface area contributed by atoms with E-state index in [0.717, 1.165) is 92.9 Å². The fourth-order valence-electron chi connectivity index (χ4n) is 8.92. The molecule has 0 bridgehead atoms. The van der Waals surface area contributed by atoms with Gasteiger partial charge in [-0.25, -0.2) is 14.6 Å². The number of fused-ring (bicyclic) bond motifs is 4. The number of benzene rings is 2. The van der Waals surface area contributed by atoms with Crippen LogP contribution in [0.1, 0.15) is 101 Å². The van der Waals surface area contributed by atoms with Crippen molar-refractivity contribution in [2.24, 2.45) is 0 Å². The smallest absolute Gasteiger partial charge is 0.289 e. The van der Waals surface area contributed by atoms with Gasteiger partial charge in [-0.05, 0) is 95.2 Å². The summed E-state index contributed by atoms with van der Waals surface area (Å²) in [5.41, 5.74) is 8.57. The summed E-state index contributed by atoms with van der Waals surface area (Å²) in [6, 6.07) is 11.2. The molecule has 6 aromatic rings. The molecule has 4 amide bonds. The van der Waals surface area contributed by atoms with Crippen LogP contribution in [0.4, 0.5) is 17.3 Å². The highest BCUT2D eigenvalue weighted by Gasteiger charge is 2.40. The number of piperidine rings is 1. The number of unbranched alkanes of at least 4 members (excludes halogenated alkanes) is 1. The second-order valence-corrected chi connectivity index (χ2v) is 17.3. The van der Waals surface area contributed by atoms with E-state index in [-0.39, 0.29) is 37.2 Å². The Morgan fingerprint density at radius 2 is 1.70 bits per heavy atom. The van der Waals surface area contributed by atoms with Gasteiger partial charge in [-0.2, -0.15) is 5.10 Å². The van der Waals surface area contributed by atoms with Crippen molar-refractivity contribution in [3.63, 3.8) is 0 Å². The maximum Gasteiger partial charge on any atom is 0.289 e. The van der Waals surface area contributed by atoms with E-state index < -0.39 is 17.9 Å². The van der Waals surface area contributed by atoms with Gasteiger partial charge in [0.15, 0.2) is 0 Å². The van der Waals surface area contributed by atoms with Gasteiger partial charge in [0.2, 0.25) is 17.6 Å². The third-order valence-electron chi connectivity index (χ3n) is 12.5. The van der Waals surface area contributed by atoms with E-state index >= 15 is 0 Å². The van der Waals surface area contributed by atoms with Crippen LogP contribution in [0.2, 0.25) is 0 Å². The molecule has 352 valence electrons. The minimum absolute atomic E-state index is 0.0194. The van der Waals surface area contributed by atoms with Crippen LogP contribution in [0, 0.1) is 20.8 Å². The standard InChI is InChI=1S/C48H57N11O8/c1-5-59-39(25-36(56-59)30-11-12-30)52-44-42-33-23-27(2)32(41-28(3)57-67-29(41)4)24-37(33)51-43(42)54-45(55-44)47(62)50-16-18-65-20-22-66-21-19-64-17-7-6-15-49-35-10-8-9-31-34(35)26-58(48(31)63)38-13-14-40(60)53-46(38)61/h8-10,23-25,30,38,49H,5-7,11-22,26H2,1-4H3,(H,50,62)(H,53,60,61)(H2,51,52,54,55). The Labute approximate surface area is 387 Å². The van der Waals surface area contributed by atoms with E-state index in [2.05, 4.69) is 63.5 Å². The summed E-state index contributed by atoms with van der Waals surface area (Å²) in [5.74, 6) is 1.21. The summed E-state index contributed by atoms with van der Waals surface area (Å²) in [6.45, 7) is 12.4. The second kappa shape index (κ2) is 20.0. The van der Waals surface area contributed by atoms with Crippen molar-refractivity contribution < 1.29 is 37.9 Å². The number of aromatic nitrogens is 6. The molecule has 1 saturated heterocycles. The number of carbonyl (C=O) groups excluding carboxylic acids is 4. The maximum atomic E-state index is 13.5. The van der Waals surface area contributed by atoms with Crippen molar-refractivity contribution >= 4 is 62.9 Å². The van der Waals surface area contributed by atoms with Crippen molar-refractivity contribution in [3.05, 3.63) is 76.1 Å². The van der Waals surface area contributed by atoms with Gasteiger partial charge in [0.05, 0.1) is 49.8 Å². The van der Waals surface area contributed by atoms with Gasteiger partial charge in [-0.15, -0.1) is 0 Å². The van der Waals surface area contributed by atoms with Crippen molar-refractivity contribution in [2.45, 2.75) is 91.3 Å². The van der Waals surface area contributed by atoms with Gasteiger partial charge < -0.3 is 44.6 Å². The molecule has 1 atom stereocenters. The number of nitrogens with one attached hydrogen (secondary N) is 5. The molecule has 1 aliphatic carbocycles. The van der Waals surface area contributed by atoms with E-state index in [1.807, 2.05) is 30.7 Å². The van der Waals surface area contributed by atoms with Gasteiger partial charge in [-0.1, -0.05) is 11.2 Å². The van der Waals surface area contributed by atoms with Crippen LogP contribution in [-0.4, -0.2) is 117 Å². The first kappa shape index (κ1) is 45.5. The zero-order valence-corrected chi connectivity index (χ0v) is 38.4. The zero-order chi connectivity index (χ0) is 46.6. The Bertz CT molecular complexity index is 2810. The number of imide groups is 1. The molecule has 1 saturated carbocycles. The Balaban J connectivity index is 0.704. The van der Waals surface area contributed by atoms with Crippen molar-refractivity contribution in [2.75, 3.05) is 63.4 Å². The van der Waals surface area contributed by atoms with Gasteiger partial charge in [0, 0.05) is 84.5 Å². The topological polar surface area (TPSA) is 233 Å². The molecule has 9 rings (SSSR count). The molecule has 3 aliphatic rings. The Kier molecular flexibility index (Phi) is 13.6. The van der Waals surface area contributed by atoms with Crippen molar-refractivity contribution in [1.82, 2.24) is 45.4 Å². The Morgan fingerprint density at radius 3 is 2.45 bits per heavy atom. The fourth-order valence-corrected chi connectivity index (χ4v) is 8.92. The predicted octanol–water partition coefficient (Wildman–Crippen LogP) is 5.96. The van der Waals surface area contributed by atoms with E-state index in [0.29, 0.717) is 82.0 Å². The molecule has 0 spiro atoms. The van der Waals surface area contributed by atoms with Crippen LogP contribution in [-0.2, 0) is 36.9 Å². The first-order chi connectivity index (χ1) is 32.6. The molecule has 0 radical (unpaired) electrons. The number of nitrogens with zero attached hydrogens (tertiary/aromatic N) is 6. The van der Waals surface area contributed by atoms with Crippen molar-refractivity contribution in [1.29, 1.82) is 0 Å². The first-order valence-corrected chi connectivity index (χ1v) is 23.2. The molecular formula is C48H57N11O8. The van der Waals surface area contributed by atoms with Crippen molar-refractivity contribution in [3.8, 4) is 11.1 Å². The van der Waals surface area contributed by atoms with Gasteiger partial charge in [-0.3, -0.25) is 24.5 Å². The van der Waals surface area contributed by atoms with Gasteiger partial charge in [0.25, 0.3) is 11.8 Å². The third kappa shape index (κ3) is 9.89. The number of aryl methyl sites for hydroxylation is 4. The minimum Gasteiger partial charge on any atom is -0.385 e. The summed E-state index contributed by atoms with van der Waals surface area (Å²) in [6.07, 6.45) is 4.52. The second-order valence-electron chi connectivity index (χ2n) is 17.3. The average Bonchev–Trinajstić information content (AvgIpc) is 3.70. The molecule has 67 heavy (non-hydrogen) atoms. The number of aromatic amines is 1. The minimum atomic E-state index is -0.640. The van der Waals surface area contributed by atoms with Gasteiger partial charge >= 0.3 is 0 Å². The van der Waals surface area contributed by atoms with Crippen LogP contribution in [0.15, 0.2) is 40.9 Å². The number of amides is 4. The Hall–Kier alpha value is -6.70. The molecule has 19 heteroatoms. The fraction of sp³-hybridized carbons (Fsp3) is 0.458. The number of rotatable bonds is 22. The van der Waals surface area contributed by atoms with E-state index in [9.17, 15) is 19.2 Å². The highest BCUT2D eigenvalue weighted by molar-refractivity contribution is 6.13. The summed E-state index contributed by atoms with van der Waals surface area (Å²) < 4.78 is 24.6. The lowest BCUT2D eigenvalue weighted by molar-refractivity contribution is -0.136. The van der Waals surface area contributed by atoms with Gasteiger partial charge in [0.1, 0.15) is 29.1 Å². The summed E-state index contributed by atoms with van der Waals surface area (Å²) >= 11 is 0. The van der Waals surface area contributed by atoms with Crippen LogP contribution in [0.5, 0.6) is 0 Å². The van der Waals surface area contributed by atoms with Crippen LogP contribution in [0.3, 0.4) is 0 Å². The number of H-pyrrole nitrogens is 1. The number of carbonyl (C=O) groups is 4. The van der Waals surface area contributed by atoms with Crippen LogP contribution in [0.25, 0.3) is 33.1 Å². The lowest BCUT2D eigenvalue weighted by Gasteiger charge is -2.29. The molecule has 2 aliphatic heterocycles. The lowest BCUT2D eigenvalue weighted by atomic mass is 9.97. The van der Waals surface area contributed by atoms with E-state index in [1.165, 1.54) is 0 Å². The summed E-state index contributed by atoms with van der Waals surface area (Å²) in [5, 5.41) is 22.9. The van der Waals surface area contributed by atoms with E-state index in [4.69, 9.17) is 33.8 Å². The largest absolute Gasteiger partial charge is 0.385 e. The highest BCUT2D eigenvalue weighted by atomic mass is 16.5. The molecule has 2 aromatic carbocycles. The van der Waals surface area contributed by atoms with Crippen LogP contribution >= 0.6 is 0 Å². The normalized spacial score (nSPS) is 16.0. The molecule has 1 unspecified atom stereocenters. The molecule has 4 aromatic heterocycles. The Morgan fingerprint density at radius 1 is 0.910 bits per heavy atom. The molecule has 2 fully saturated rings. The number of anilines is 3. The SMILES string of the molecule is CCn1nc(C2CC2)cc1Nc1nc(C(=O)NCCOCCOCCOCCCCNc2cccc3c2CN(C2CCC(=O)NC2=O)C3=O)nc2[nH]c3cc(-c4c(C)noc4C)c(C)cc3c12.